The predicted molar refractivity (Wildman–Crippen MR) is 130 cm³/mol. The minimum absolute atomic E-state index is 0.155. The summed E-state index contributed by atoms with van der Waals surface area (Å²) in [5.74, 6) is -0.155. The molecule has 0 bridgehead atoms. The molecular weight excluding hydrogens is 428 g/mol. The maximum Gasteiger partial charge on any atom is 0.323 e. The van der Waals surface area contributed by atoms with Crippen LogP contribution in [0.4, 0.5) is 21.9 Å². The van der Waals surface area contributed by atoms with Crippen molar-refractivity contribution >= 4 is 40.6 Å². The van der Waals surface area contributed by atoms with Crippen molar-refractivity contribution in [1.29, 1.82) is 0 Å². The number of hydrogen-bond donors (Lipinski definition) is 3. The third kappa shape index (κ3) is 6.61. The summed E-state index contributed by atoms with van der Waals surface area (Å²) in [6.07, 6.45) is 2.96. The van der Waals surface area contributed by atoms with Crippen molar-refractivity contribution in [3.8, 4) is 0 Å². The Morgan fingerprint density at radius 3 is 2.44 bits per heavy atom. The molecule has 8 heteroatoms. The Hall–Kier alpha value is -2.77. The lowest BCUT2D eigenvalue weighted by molar-refractivity contribution is 0.0944. The monoisotopic (exact) mass is 458 g/mol. The molecule has 1 heterocycles. The molecule has 1 saturated heterocycles. The molecule has 7 nitrogen and oxygen atoms in total. The first-order chi connectivity index (χ1) is 15.5. The number of nitrogens with one attached hydrogen (secondary N) is 3. The Kier molecular flexibility index (Phi) is 8.76. The third-order valence-electron chi connectivity index (χ3n) is 5.33. The van der Waals surface area contributed by atoms with Crippen LogP contribution in [-0.2, 0) is 4.74 Å². The Morgan fingerprint density at radius 2 is 1.75 bits per heavy atom. The van der Waals surface area contributed by atoms with Gasteiger partial charge in [-0.15, -0.1) is 0 Å². The lowest BCUT2D eigenvalue weighted by Gasteiger charge is -2.22. The molecular formula is C24H31ClN4O3. The number of carbonyl (C=O) groups excluding carboxylic acids is 2. The Bertz CT molecular complexity index is 945. The lowest BCUT2D eigenvalue weighted by atomic mass is 10.1. The zero-order valence-electron chi connectivity index (χ0n) is 18.7. The largest absolute Gasteiger partial charge is 0.382 e. The number of aryl methyl sites for hydroxylation is 1. The molecule has 172 valence electrons. The lowest BCUT2D eigenvalue weighted by Crippen LogP contribution is -2.29. The van der Waals surface area contributed by atoms with Gasteiger partial charge in [-0.2, -0.15) is 0 Å². The van der Waals surface area contributed by atoms with E-state index in [-0.39, 0.29) is 5.91 Å². The highest BCUT2D eigenvalue weighted by molar-refractivity contribution is 6.31. The van der Waals surface area contributed by atoms with Gasteiger partial charge in [0.1, 0.15) is 0 Å². The number of amides is 3. The van der Waals surface area contributed by atoms with Crippen molar-refractivity contribution in [2.75, 3.05) is 48.4 Å². The molecule has 1 aliphatic rings. The number of urea groups is 1. The molecule has 0 atom stereocenters. The van der Waals surface area contributed by atoms with Crippen molar-refractivity contribution in [3.63, 3.8) is 0 Å². The average molecular weight is 459 g/mol. The van der Waals surface area contributed by atoms with Crippen LogP contribution in [0.15, 0.2) is 36.4 Å². The van der Waals surface area contributed by atoms with E-state index >= 15 is 0 Å². The van der Waals surface area contributed by atoms with Crippen molar-refractivity contribution in [3.05, 3.63) is 52.5 Å². The van der Waals surface area contributed by atoms with Crippen LogP contribution in [0.25, 0.3) is 0 Å². The molecule has 3 amide bonds. The van der Waals surface area contributed by atoms with Gasteiger partial charge in [0, 0.05) is 54.9 Å². The molecule has 2 aromatic carbocycles. The van der Waals surface area contributed by atoms with Gasteiger partial charge in [-0.05, 0) is 69.0 Å². The van der Waals surface area contributed by atoms with Crippen LogP contribution < -0.4 is 20.9 Å². The van der Waals surface area contributed by atoms with E-state index in [1.807, 2.05) is 32.0 Å². The number of hydrogen-bond acceptors (Lipinski definition) is 4. The molecule has 0 radical (unpaired) electrons. The second kappa shape index (κ2) is 11.7. The normalized spacial score (nSPS) is 13.2. The Balaban J connectivity index is 1.70. The molecule has 32 heavy (non-hydrogen) atoms. The van der Waals surface area contributed by atoms with Crippen molar-refractivity contribution in [2.45, 2.75) is 33.1 Å². The van der Waals surface area contributed by atoms with E-state index in [9.17, 15) is 9.59 Å². The predicted octanol–water partition coefficient (Wildman–Crippen LogP) is 5.05. The number of benzene rings is 2. The van der Waals surface area contributed by atoms with Gasteiger partial charge in [0.05, 0.1) is 5.56 Å². The molecule has 0 saturated carbocycles. The number of halogens is 1. The van der Waals surface area contributed by atoms with Gasteiger partial charge in [-0.25, -0.2) is 4.79 Å². The number of ether oxygens (including phenoxy) is 1. The molecule has 1 aliphatic heterocycles. The quantitative estimate of drug-likeness (QED) is 0.459. The van der Waals surface area contributed by atoms with Gasteiger partial charge in [0.25, 0.3) is 5.91 Å². The van der Waals surface area contributed by atoms with Gasteiger partial charge >= 0.3 is 6.03 Å². The van der Waals surface area contributed by atoms with E-state index in [1.165, 1.54) is 0 Å². The first kappa shape index (κ1) is 23.9. The molecule has 2 aromatic rings. The van der Waals surface area contributed by atoms with E-state index in [2.05, 4.69) is 20.9 Å². The summed E-state index contributed by atoms with van der Waals surface area (Å²) in [6.45, 7) is 7.50. The number of rotatable bonds is 9. The Morgan fingerprint density at radius 1 is 1.06 bits per heavy atom. The van der Waals surface area contributed by atoms with E-state index in [4.69, 9.17) is 16.3 Å². The fourth-order valence-corrected chi connectivity index (χ4v) is 3.79. The summed E-state index contributed by atoms with van der Waals surface area (Å²) in [5.41, 5.74) is 3.52. The Labute approximate surface area is 194 Å². The molecule has 0 spiro atoms. The third-order valence-corrected chi connectivity index (χ3v) is 5.74. The summed E-state index contributed by atoms with van der Waals surface area (Å²) in [4.78, 5) is 27.6. The molecule has 0 aromatic heterocycles. The summed E-state index contributed by atoms with van der Waals surface area (Å²) in [6, 6.07) is 10.4. The molecule has 3 rings (SSSR count). The van der Waals surface area contributed by atoms with E-state index < -0.39 is 6.03 Å². The number of nitrogens with zero attached hydrogens (tertiary/aromatic N) is 1. The number of carbonyl (C=O) groups is 2. The van der Waals surface area contributed by atoms with Crippen molar-refractivity contribution in [1.82, 2.24) is 5.32 Å². The smallest absolute Gasteiger partial charge is 0.323 e. The maximum atomic E-state index is 12.9. The van der Waals surface area contributed by atoms with Crippen molar-refractivity contribution < 1.29 is 14.3 Å². The van der Waals surface area contributed by atoms with Crippen LogP contribution in [0.2, 0.25) is 5.02 Å². The SMILES string of the molecule is CCOCCCNC(=O)c1cc(NC(=O)Nc2ccc(C)c(Cl)c2)ccc1N1CCCC1. The minimum Gasteiger partial charge on any atom is -0.382 e. The summed E-state index contributed by atoms with van der Waals surface area (Å²) < 4.78 is 5.33. The number of anilines is 3. The van der Waals surface area contributed by atoms with Gasteiger partial charge in [-0.1, -0.05) is 17.7 Å². The van der Waals surface area contributed by atoms with Gasteiger partial charge in [-0.3, -0.25) is 4.79 Å². The second-order valence-electron chi connectivity index (χ2n) is 7.78. The summed E-state index contributed by atoms with van der Waals surface area (Å²) in [5, 5.41) is 9.13. The zero-order chi connectivity index (χ0) is 22.9. The second-order valence-corrected chi connectivity index (χ2v) is 8.18. The first-order valence-corrected chi connectivity index (χ1v) is 11.4. The standard InChI is InChI=1S/C24H31ClN4O3/c1-3-32-14-6-11-26-23(30)20-15-18(9-10-22(20)29-12-4-5-13-29)27-24(31)28-19-8-7-17(2)21(25)16-19/h7-10,15-16H,3-6,11-14H2,1-2H3,(H,26,30)(H2,27,28,31). The molecule has 3 N–H and O–H groups in total. The van der Waals surface area contributed by atoms with Gasteiger partial charge in [0.15, 0.2) is 0 Å². The van der Waals surface area contributed by atoms with Crippen LogP contribution in [0, 0.1) is 6.92 Å². The van der Waals surface area contributed by atoms with Crippen LogP contribution in [-0.4, -0.2) is 44.8 Å². The van der Waals surface area contributed by atoms with Crippen LogP contribution in [0.3, 0.4) is 0 Å². The van der Waals surface area contributed by atoms with Crippen molar-refractivity contribution in [2.24, 2.45) is 0 Å². The van der Waals surface area contributed by atoms with Gasteiger partial charge < -0.3 is 25.6 Å². The van der Waals surface area contributed by atoms with Crippen LogP contribution in [0.5, 0.6) is 0 Å². The maximum absolute atomic E-state index is 12.9. The van der Waals surface area contributed by atoms with E-state index in [1.54, 1.807) is 18.2 Å². The highest BCUT2D eigenvalue weighted by Crippen LogP contribution is 2.28. The minimum atomic E-state index is -0.401. The first-order valence-electron chi connectivity index (χ1n) is 11.1. The van der Waals surface area contributed by atoms with E-state index in [0.717, 1.165) is 43.6 Å². The fourth-order valence-electron chi connectivity index (χ4n) is 3.61. The molecule has 0 unspecified atom stereocenters. The zero-order valence-corrected chi connectivity index (χ0v) is 19.4. The summed E-state index contributed by atoms with van der Waals surface area (Å²) >= 11 is 6.13. The van der Waals surface area contributed by atoms with Gasteiger partial charge in [0.2, 0.25) is 0 Å². The fraction of sp³-hybridized carbons (Fsp3) is 0.417. The summed E-state index contributed by atoms with van der Waals surface area (Å²) in [7, 11) is 0. The van der Waals surface area contributed by atoms with Crippen LogP contribution >= 0.6 is 11.6 Å². The van der Waals surface area contributed by atoms with E-state index in [0.29, 0.717) is 41.7 Å². The highest BCUT2D eigenvalue weighted by Gasteiger charge is 2.20. The highest BCUT2D eigenvalue weighted by atomic mass is 35.5. The topological polar surface area (TPSA) is 82.7 Å². The molecule has 0 aliphatic carbocycles. The average Bonchev–Trinajstić information content (AvgIpc) is 3.30. The van der Waals surface area contributed by atoms with Crippen LogP contribution in [0.1, 0.15) is 42.1 Å². The molecule has 1 fully saturated rings.